The monoisotopic (exact) mass is 502 g/mol. The van der Waals surface area contributed by atoms with Crippen LogP contribution in [0.25, 0.3) is 11.4 Å². The number of hydrogen-bond acceptors (Lipinski definition) is 8. The first-order valence-corrected chi connectivity index (χ1v) is 14.6. The maximum absolute atomic E-state index is 12.6. The number of carbonyl (C=O) groups excluding carboxylic acids is 1. The summed E-state index contributed by atoms with van der Waals surface area (Å²) in [5, 5.41) is 25.1. The summed E-state index contributed by atoms with van der Waals surface area (Å²) in [6.45, 7) is 5.20. The number of amides is 1. The molecular weight excluding hydrogens is 472 g/mol. The molecule has 1 amide bonds. The van der Waals surface area contributed by atoms with Crippen LogP contribution in [0.15, 0.2) is 10.5 Å². The number of hydrogen-bond donors (Lipinski definition) is 1. The molecule has 1 saturated carbocycles. The van der Waals surface area contributed by atoms with Gasteiger partial charge in [0.15, 0.2) is 11.0 Å². The summed E-state index contributed by atoms with van der Waals surface area (Å²) in [7, 11) is 0. The highest BCUT2D eigenvalue weighted by atomic mass is 32.2. The number of fused-ring (bicyclic) bond motifs is 1. The SMILES string of the molecule is CCn1c(SCC(=O)Nc2nnc(C3CCCCC3)s2)nnc1-c1csc2c1CCC(C)C2. The van der Waals surface area contributed by atoms with Gasteiger partial charge in [0.2, 0.25) is 11.0 Å². The standard InChI is InChI=1S/C23H30N6OS3/c1-3-29-20(17-12-31-18-11-14(2)9-10-16(17)18)25-28-23(29)32-13-19(30)24-22-27-26-21(33-22)15-7-5-4-6-8-15/h12,14-15H,3-11,13H2,1-2H3,(H,24,27,30). The van der Waals surface area contributed by atoms with E-state index in [1.165, 1.54) is 77.6 Å². The molecule has 10 heteroatoms. The summed E-state index contributed by atoms with van der Waals surface area (Å²) >= 11 is 4.79. The van der Waals surface area contributed by atoms with Crippen LogP contribution in [0.4, 0.5) is 5.13 Å². The highest BCUT2D eigenvalue weighted by molar-refractivity contribution is 7.99. The van der Waals surface area contributed by atoms with Crippen LogP contribution in [0, 0.1) is 5.92 Å². The lowest BCUT2D eigenvalue weighted by Gasteiger charge is -2.19. The number of carbonyl (C=O) groups is 1. The topological polar surface area (TPSA) is 85.6 Å². The average molecular weight is 503 g/mol. The molecule has 2 aliphatic carbocycles. The van der Waals surface area contributed by atoms with Crippen molar-refractivity contribution in [2.75, 3.05) is 11.1 Å². The molecule has 2 aliphatic rings. The van der Waals surface area contributed by atoms with Crippen molar-refractivity contribution in [2.24, 2.45) is 5.92 Å². The minimum atomic E-state index is -0.0829. The molecule has 3 aromatic rings. The Hall–Kier alpha value is -1.78. The zero-order valence-corrected chi connectivity index (χ0v) is 21.6. The molecule has 0 bridgehead atoms. The molecule has 0 spiro atoms. The smallest absolute Gasteiger partial charge is 0.236 e. The number of anilines is 1. The molecule has 0 aromatic carbocycles. The van der Waals surface area contributed by atoms with Gasteiger partial charge in [0, 0.05) is 28.3 Å². The molecule has 1 unspecified atom stereocenters. The van der Waals surface area contributed by atoms with E-state index in [0.717, 1.165) is 41.3 Å². The summed E-state index contributed by atoms with van der Waals surface area (Å²) in [6, 6.07) is 0. The van der Waals surface area contributed by atoms with Gasteiger partial charge in [-0.3, -0.25) is 10.1 Å². The van der Waals surface area contributed by atoms with Crippen molar-refractivity contribution >= 4 is 45.5 Å². The first-order chi connectivity index (χ1) is 16.1. The zero-order valence-electron chi connectivity index (χ0n) is 19.2. The lowest BCUT2D eigenvalue weighted by atomic mass is 9.88. The Morgan fingerprint density at radius 1 is 1.18 bits per heavy atom. The number of aromatic nitrogens is 5. The molecule has 3 heterocycles. The van der Waals surface area contributed by atoms with Gasteiger partial charge >= 0.3 is 0 Å². The molecule has 1 N–H and O–H groups in total. The van der Waals surface area contributed by atoms with Crippen LogP contribution in [0.1, 0.15) is 73.7 Å². The van der Waals surface area contributed by atoms with Gasteiger partial charge in [-0.2, -0.15) is 0 Å². The number of nitrogens with one attached hydrogen (secondary N) is 1. The van der Waals surface area contributed by atoms with Crippen LogP contribution in [0.2, 0.25) is 0 Å². The van der Waals surface area contributed by atoms with E-state index >= 15 is 0 Å². The first kappa shape index (κ1) is 23.0. The Labute approximate surface area is 206 Å². The van der Waals surface area contributed by atoms with Crippen molar-refractivity contribution < 1.29 is 4.79 Å². The molecule has 3 aromatic heterocycles. The summed E-state index contributed by atoms with van der Waals surface area (Å²) in [6.07, 6.45) is 9.70. The van der Waals surface area contributed by atoms with E-state index in [1.54, 1.807) is 0 Å². The second kappa shape index (κ2) is 10.2. The van der Waals surface area contributed by atoms with Crippen molar-refractivity contribution in [1.29, 1.82) is 0 Å². The van der Waals surface area contributed by atoms with Crippen molar-refractivity contribution in [3.63, 3.8) is 0 Å². The van der Waals surface area contributed by atoms with Crippen LogP contribution in [0.5, 0.6) is 0 Å². The van der Waals surface area contributed by atoms with Gasteiger partial charge in [0.05, 0.1) is 5.75 Å². The van der Waals surface area contributed by atoms with Crippen molar-refractivity contribution in [3.8, 4) is 11.4 Å². The van der Waals surface area contributed by atoms with Gasteiger partial charge in [-0.1, -0.05) is 49.3 Å². The normalized spacial score (nSPS) is 18.9. The molecule has 7 nitrogen and oxygen atoms in total. The van der Waals surface area contributed by atoms with Gasteiger partial charge in [0.25, 0.3) is 0 Å². The lowest BCUT2D eigenvalue weighted by Crippen LogP contribution is -2.14. The maximum Gasteiger partial charge on any atom is 0.236 e. The summed E-state index contributed by atoms with van der Waals surface area (Å²) in [5.74, 6) is 2.37. The molecule has 0 saturated heterocycles. The van der Waals surface area contributed by atoms with E-state index in [-0.39, 0.29) is 11.7 Å². The number of rotatable bonds is 7. The van der Waals surface area contributed by atoms with E-state index in [2.05, 4.69) is 49.5 Å². The second-order valence-corrected chi connectivity index (χ2v) is 12.0. The van der Waals surface area contributed by atoms with Crippen molar-refractivity contribution in [2.45, 2.75) is 82.8 Å². The van der Waals surface area contributed by atoms with Crippen LogP contribution in [-0.2, 0) is 24.2 Å². The minimum absolute atomic E-state index is 0.0829. The highest BCUT2D eigenvalue weighted by Crippen LogP contribution is 2.38. The summed E-state index contributed by atoms with van der Waals surface area (Å²) in [4.78, 5) is 14.1. The number of thioether (sulfide) groups is 1. The summed E-state index contributed by atoms with van der Waals surface area (Å²) in [5.41, 5.74) is 2.66. The fourth-order valence-corrected chi connectivity index (χ4v) is 7.80. The van der Waals surface area contributed by atoms with E-state index < -0.39 is 0 Å². The quantitative estimate of drug-likeness (QED) is 0.412. The van der Waals surface area contributed by atoms with E-state index in [1.807, 2.05) is 11.3 Å². The Bertz CT molecular complexity index is 1110. The predicted molar refractivity (Wildman–Crippen MR) is 135 cm³/mol. The van der Waals surface area contributed by atoms with Gasteiger partial charge < -0.3 is 4.57 Å². The molecule has 1 fully saturated rings. The van der Waals surface area contributed by atoms with Gasteiger partial charge in [-0.25, -0.2) is 0 Å². The minimum Gasteiger partial charge on any atom is -0.302 e. The Morgan fingerprint density at radius 3 is 2.85 bits per heavy atom. The van der Waals surface area contributed by atoms with Crippen LogP contribution >= 0.6 is 34.4 Å². The number of thiophene rings is 1. The second-order valence-electron chi connectivity index (χ2n) is 9.07. The fraction of sp³-hybridized carbons (Fsp3) is 0.609. The van der Waals surface area contributed by atoms with Gasteiger partial charge in [-0.05, 0) is 50.5 Å². The van der Waals surface area contributed by atoms with Crippen LogP contribution in [-0.4, -0.2) is 36.6 Å². The Balaban J connectivity index is 1.22. The van der Waals surface area contributed by atoms with Crippen LogP contribution < -0.4 is 5.32 Å². The van der Waals surface area contributed by atoms with E-state index in [9.17, 15) is 4.79 Å². The third-order valence-corrected chi connectivity index (χ3v) is 9.67. The van der Waals surface area contributed by atoms with Crippen molar-refractivity contribution in [1.82, 2.24) is 25.0 Å². The molecule has 0 radical (unpaired) electrons. The molecule has 5 rings (SSSR count). The molecular formula is C23H30N6OS3. The van der Waals surface area contributed by atoms with Gasteiger partial charge in [0.1, 0.15) is 5.01 Å². The van der Waals surface area contributed by atoms with E-state index in [4.69, 9.17) is 0 Å². The average Bonchev–Trinajstić information content (AvgIpc) is 3.55. The third kappa shape index (κ3) is 5.02. The highest BCUT2D eigenvalue weighted by Gasteiger charge is 2.25. The van der Waals surface area contributed by atoms with Gasteiger partial charge in [-0.15, -0.1) is 31.7 Å². The third-order valence-electron chi connectivity index (χ3n) is 6.65. The lowest BCUT2D eigenvalue weighted by molar-refractivity contribution is -0.113. The maximum atomic E-state index is 12.6. The predicted octanol–water partition coefficient (Wildman–Crippen LogP) is 5.78. The Kier molecular flexibility index (Phi) is 7.13. The molecule has 176 valence electrons. The van der Waals surface area contributed by atoms with Crippen molar-refractivity contribution in [3.05, 3.63) is 20.8 Å². The number of nitrogens with zero attached hydrogens (tertiary/aromatic N) is 5. The largest absolute Gasteiger partial charge is 0.302 e. The first-order valence-electron chi connectivity index (χ1n) is 11.9. The fourth-order valence-electron chi connectivity index (χ4n) is 4.83. The van der Waals surface area contributed by atoms with E-state index in [0.29, 0.717) is 11.0 Å². The molecule has 0 aliphatic heterocycles. The summed E-state index contributed by atoms with van der Waals surface area (Å²) < 4.78 is 2.13. The molecule has 33 heavy (non-hydrogen) atoms. The Morgan fingerprint density at radius 2 is 2.03 bits per heavy atom. The zero-order chi connectivity index (χ0) is 22.8. The molecule has 1 atom stereocenters. The van der Waals surface area contributed by atoms with Crippen LogP contribution in [0.3, 0.4) is 0 Å².